The minimum absolute atomic E-state index is 0.00678. The molecule has 0 saturated carbocycles. The molecule has 0 bridgehead atoms. The van der Waals surface area contributed by atoms with Crippen molar-refractivity contribution in [1.29, 1.82) is 0 Å². The van der Waals surface area contributed by atoms with E-state index in [9.17, 15) is 14.4 Å². The molecular weight excluding hydrogens is 338 g/mol. The molecule has 1 amide bonds. The van der Waals surface area contributed by atoms with Crippen LogP contribution in [0.25, 0.3) is 0 Å². The first kappa shape index (κ1) is 24.1. The third-order valence-electron chi connectivity index (χ3n) is 3.59. The van der Waals surface area contributed by atoms with Crippen LogP contribution in [0.15, 0.2) is 0 Å². The Morgan fingerprint density at radius 1 is 1.08 bits per heavy atom. The topological polar surface area (TPSA) is 82.1 Å². The smallest absolute Gasteiger partial charge is 0.334 e. The van der Waals surface area contributed by atoms with Gasteiger partial charge in [0.2, 0.25) is 0 Å². The lowest BCUT2D eigenvalue weighted by atomic mass is 10.0. The number of aldehydes is 1. The fraction of sp³-hybridized carbons (Fsp3) is 0.737. The predicted molar refractivity (Wildman–Crippen MR) is 96.9 cm³/mol. The van der Waals surface area contributed by atoms with Crippen molar-refractivity contribution in [3.8, 4) is 12.3 Å². The van der Waals surface area contributed by atoms with Crippen LogP contribution >= 0.6 is 0 Å². The van der Waals surface area contributed by atoms with Gasteiger partial charge in [0.05, 0.1) is 30.8 Å². The Bertz CT molecular complexity index is 507. The summed E-state index contributed by atoms with van der Waals surface area (Å²) in [5, 5.41) is 0.846. The number of ether oxygens (including phenoxy) is 2. The van der Waals surface area contributed by atoms with Crippen molar-refractivity contribution >= 4 is 18.2 Å². The fourth-order valence-electron chi connectivity index (χ4n) is 1.94. The number of hydroxylamine groups is 2. The number of hydrogen-bond donors (Lipinski definition) is 0. The molecule has 0 rings (SSSR count). The van der Waals surface area contributed by atoms with Gasteiger partial charge in [0, 0.05) is 26.3 Å². The van der Waals surface area contributed by atoms with E-state index in [0.29, 0.717) is 25.7 Å². The molecule has 0 aliphatic carbocycles. The lowest BCUT2D eigenvalue weighted by Crippen LogP contribution is -2.32. The van der Waals surface area contributed by atoms with E-state index in [1.807, 2.05) is 27.7 Å². The van der Waals surface area contributed by atoms with Gasteiger partial charge in [0.25, 0.3) is 5.91 Å². The van der Waals surface area contributed by atoms with Crippen molar-refractivity contribution in [2.45, 2.75) is 71.0 Å². The van der Waals surface area contributed by atoms with Crippen molar-refractivity contribution in [3.63, 3.8) is 0 Å². The van der Waals surface area contributed by atoms with E-state index >= 15 is 0 Å². The molecule has 0 spiro atoms. The molecule has 0 aliphatic heterocycles. The molecule has 0 aromatic rings. The second-order valence-electron chi connectivity index (χ2n) is 7.16. The third kappa shape index (κ3) is 11.6. The van der Waals surface area contributed by atoms with Crippen LogP contribution in [-0.2, 0) is 28.7 Å². The van der Waals surface area contributed by atoms with Crippen LogP contribution in [0.3, 0.4) is 0 Å². The van der Waals surface area contributed by atoms with Gasteiger partial charge in [-0.1, -0.05) is 0 Å². The summed E-state index contributed by atoms with van der Waals surface area (Å²) in [5.74, 6) is 1.58. The Kier molecular flexibility index (Phi) is 10.8. The van der Waals surface area contributed by atoms with Crippen molar-refractivity contribution < 1.29 is 28.7 Å². The molecule has 0 aromatic heterocycles. The molecule has 0 fully saturated rings. The van der Waals surface area contributed by atoms with Crippen molar-refractivity contribution in [1.82, 2.24) is 5.06 Å². The van der Waals surface area contributed by atoms with Gasteiger partial charge in [0.15, 0.2) is 0 Å². The summed E-state index contributed by atoms with van der Waals surface area (Å²) in [6.45, 7) is 8.33. The molecule has 7 heteroatoms. The van der Waals surface area contributed by atoms with Gasteiger partial charge < -0.3 is 19.1 Å². The molecule has 0 unspecified atom stereocenters. The zero-order chi connectivity index (χ0) is 20.2. The average Bonchev–Trinajstić information content (AvgIpc) is 2.51. The molecule has 148 valence electrons. The van der Waals surface area contributed by atoms with Gasteiger partial charge >= 0.3 is 5.97 Å². The Morgan fingerprint density at radius 2 is 1.69 bits per heavy atom. The average molecular weight is 369 g/mol. The zero-order valence-corrected chi connectivity index (χ0v) is 16.5. The standard InChI is InChI=1S/C19H31NO6/c1-7-11-18(2,3)25-15-12-19(4,5)24-14-10-17(23)26-20(6)16(22)9-8-13-21/h1,13H,8-12,14-15H2,2-6H3. The number of terminal acetylenes is 1. The van der Waals surface area contributed by atoms with Crippen molar-refractivity contribution in [2.75, 3.05) is 20.3 Å². The highest BCUT2D eigenvalue weighted by Gasteiger charge is 2.23. The molecular formula is C19H31NO6. The third-order valence-corrected chi connectivity index (χ3v) is 3.59. The van der Waals surface area contributed by atoms with E-state index in [1.165, 1.54) is 7.05 Å². The number of amides is 1. The fourth-order valence-corrected chi connectivity index (χ4v) is 1.94. The number of hydrogen-bond acceptors (Lipinski definition) is 6. The van der Waals surface area contributed by atoms with Crippen LogP contribution in [0.2, 0.25) is 0 Å². The Hall–Kier alpha value is -1.91. The van der Waals surface area contributed by atoms with Crippen LogP contribution < -0.4 is 0 Å². The van der Waals surface area contributed by atoms with Crippen molar-refractivity contribution in [3.05, 3.63) is 0 Å². The van der Waals surface area contributed by atoms with Crippen LogP contribution in [0.4, 0.5) is 0 Å². The van der Waals surface area contributed by atoms with Crippen LogP contribution in [0.5, 0.6) is 0 Å². The molecule has 0 aliphatic rings. The van der Waals surface area contributed by atoms with Gasteiger partial charge in [-0.05, 0) is 34.1 Å². The SMILES string of the molecule is C#CCC(C)(C)OCCC(C)(C)OCCC(=O)ON(C)C(=O)CCC=O. The maximum absolute atomic E-state index is 11.7. The normalized spacial score (nSPS) is 11.5. The van der Waals surface area contributed by atoms with Crippen molar-refractivity contribution in [2.24, 2.45) is 0 Å². The quantitative estimate of drug-likeness (QED) is 0.298. The number of rotatable bonds is 12. The van der Waals surface area contributed by atoms with E-state index < -0.39 is 17.5 Å². The molecule has 0 aromatic carbocycles. The predicted octanol–water partition coefficient (Wildman–Crippen LogP) is 2.28. The highest BCUT2D eigenvalue weighted by molar-refractivity contribution is 5.79. The van der Waals surface area contributed by atoms with E-state index in [1.54, 1.807) is 0 Å². The maximum Gasteiger partial charge on any atom is 0.334 e. The van der Waals surface area contributed by atoms with E-state index in [2.05, 4.69) is 5.92 Å². The van der Waals surface area contributed by atoms with Crippen LogP contribution in [-0.4, -0.2) is 54.7 Å². The lowest BCUT2D eigenvalue weighted by Gasteiger charge is -2.28. The van der Waals surface area contributed by atoms with E-state index in [0.717, 1.165) is 5.06 Å². The summed E-state index contributed by atoms with van der Waals surface area (Å²) in [5.41, 5.74) is -0.853. The van der Waals surface area contributed by atoms with E-state index in [4.69, 9.17) is 20.7 Å². The summed E-state index contributed by atoms with van der Waals surface area (Å²) in [7, 11) is 1.34. The molecule has 0 heterocycles. The first-order valence-corrected chi connectivity index (χ1v) is 8.65. The van der Waals surface area contributed by atoms with Gasteiger partial charge in [-0.15, -0.1) is 12.3 Å². The highest BCUT2D eigenvalue weighted by atomic mass is 16.7. The minimum atomic E-state index is -0.575. The largest absolute Gasteiger partial charge is 0.375 e. The zero-order valence-electron chi connectivity index (χ0n) is 16.5. The number of nitrogens with zero attached hydrogens (tertiary/aromatic N) is 1. The molecule has 0 atom stereocenters. The molecule has 0 N–H and O–H groups in total. The van der Waals surface area contributed by atoms with Gasteiger partial charge in [0.1, 0.15) is 6.29 Å². The monoisotopic (exact) mass is 369 g/mol. The molecule has 0 saturated heterocycles. The summed E-state index contributed by atoms with van der Waals surface area (Å²) in [4.78, 5) is 38.4. The second kappa shape index (κ2) is 11.7. The van der Waals surface area contributed by atoms with Gasteiger partial charge in [-0.25, -0.2) is 4.79 Å². The lowest BCUT2D eigenvalue weighted by molar-refractivity contribution is -0.194. The summed E-state index contributed by atoms with van der Waals surface area (Å²) < 4.78 is 11.5. The van der Waals surface area contributed by atoms with Gasteiger partial charge in [-0.2, -0.15) is 5.06 Å². The minimum Gasteiger partial charge on any atom is -0.375 e. The van der Waals surface area contributed by atoms with Crippen LogP contribution in [0, 0.1) is 12.3 Å². The molecule has 26 heavy (non-hydrogen) atoms. The molecule has 7 nitrogen and oxygen atoms in total. The first-order chi connectivity index (χ1) is 12.0. The Morgan fingerprint density at radius 3 is 2.27 bits per heavy atom. The summed E-state index contributed by atoms with van der Waals surface area (Å²) in [6.07, 6.45) is 7.22. The van der Waals surface area contributed by atoms with E-state index in [-0.39, 0.29) is 31.5 Å². The maximum atomic E-state index is 11.7. The van der Waals surface area contributed by atoms with Gasteiger partial charge in [-0.3, -0.25) is 4.79 Å². The number of carbonyl (C=O) groups excluding carboxylic acids is 3. The Labute approximate surface area is 156 Å². The number of carbonyl (C=O) groups is 3. The highest BCUT2D eigenvalue weighted by Crippen LogP contribution is 2.19. The first-order valence-electron chi connectivity index (χ1n) is 8.65. The van der Waals surface area contributed by atoms with Crippen LogP contribution in [0.1, 0.15) is 59.8 Å². The Balaban J connectivity index is 4.09. The summed E-state index contributed by atoms with van der Waals surface area (Å²) in [6, 6.07) is 0. The second-order valence-corrected chi connectivity index (χ2v) is 7.16. The molecule has 0 radical (unpaired) electrons. The summed E-state index contributed by atoms with van der Waals surface area (Å²) >= 11 is 0.